The molecule has 0 fully saturated rings. The zero-order valence-corrected chi connectivity index (χ0v) is 14.0. The second-order valence-corrected chi connectivity index (χ2v) is 6.81. The summed E-state index contributed by atoms with van der Waals surface area (Å²) in [7, 11) is 0. The van der Waals surface area contributed by atoms with Crippen molar-refractivity contribution < 1.29 is 4.74 Å². The van der Waals surface area contributed by atoms with Gasteiger partial charge in [-0.1, -0.05) is 51.8 Å². The number of ether oxygens (including phenoxy) is 1. The second-order valence-electron chi connectivity index (χ2n) is 5.49. The molecule has 2 N–H and O–H groups in total. The zero-order chi connectivity index (χ0) is 14.9. The summed E-state index contributed by atoms with van der Waals surface area (Å²) in [5, 5.41) is 0.779. The standard InChI is InChI=1S/C17H17BrClNO/c18-13-6-5-12(15(19)9-13)10-17(11-20)7-8-21-16-4-2-1-3-14(16)17/h1-6,9H,7-8,10-11,20H2. The van der Waals surface area contributed by atoms with E-state index in [0.29, 0.717) is 13.2 Å². The first kappa shape index (κ1) is 14.9. The highest BCUT2D eigenvalue weighted by Gasteiger charge is 2.37. The molecule has 1 aliphatic rings. The SMILES string of the molecule is NCC1(Cc2ccc(Br)cc2Cl)CCOc2ccccc21. The van der Waals surface area contributed by atoms with Gasteiger partial charge in [-0.3, -0.25) is 0 Å². The lowest BCUT2D eigenvalue weighted by Crippen LogP contribution is -2.41. The fourth-order valence-corrected chi connectivity index (χ4v) is 3.76. The van der Waals surface area contributed by atoms with Gasteiger partial charge in [0, 0.05) is 27.0 Å². The maximum Gasteiger partial charge on any atom is 0.123 e. The van der Waals surface area contributed by atoms with Crippen molar-refractivity contribution in [2.45, 2.75) is 18.3 Å². The van der Waals surface area contributed by atoms with Crippen molar-refractivity contribution in [3.63, 3.8) is 0 Å². The first-order valence-corrected chi connectivity index (χ1v) is 8.18. The van der Waals surface area contributed by atoms with Crippen LogP contribution in [0.4, 0.5) is 0 Å². The number of halogens is 2. The van der Waals surface area contributed by atoms with Gasteiger partial charge in [0.2, 0.25) is 0 Å². The molecule has 4 heteroatoms. The van der Waals surface area contributed by atoms with Crippen LogP contribution < -0.4 is 10.5 Å². The Balaban J connectivity index is 2.02. The molecule has 0 aromatic heterocycles. The van der Waals surface area contributed by atoms with Crippen LogP contribution in [0.2, 0.25) is 5.02 Å². The smallest absolute Gasteiger partial charge is 0.123 e. The van der Waals surface area contributed by atoms with E-state index < -0.39 is 0 Å². The van der Waals surface area contributed by atoms with E-state index in [-0.39, 0.29) is 5.41 Å². The van der Waals surface area contributed by atoms with Crippen LogP contribution in [0.1, 0.15) is 17.5 Å². The van der Waals surface area contributed by atoms with Crippen LogP contribution >= 0.6 is 27.5 Å². The zero-order valence-electron chi connectivity index (χ0n) is 11.6. The van der Waals surface area contributed by atoms with E-state index in [4.69, 9.17) is 22.1 Å². The second kappa shape index (κ2) is 5.99. The number of hydrogen-bond acceptors (Lipinski definition) is 2. The van der Waals surface area contributed by atoms with E-state index in [1.54, 1.807) is 0 Å². The van der Waals surface area contributed by atoms with Gasteiger partial charge in [-0.25, -0.2) is 0 Å². The molecule has 0 saturated heterocycles. The maximum atomic E-state index is 6.39. The molecule has 1 unspecified atom stereocenters. The number of nitrogens with two attached hydrogens (primary N) is 1. The van der Waals surface area contributed by atoms with Gasteiger partial charge in [-0.05, 0) is 36.6 Å². The van der Waals surface area contributed by atoms with E-state index >= 15 is 0 Å². The molecule has 0 amide bonds. The summed E-state index contributed by atoms with van der Waals surface area (Å²) in [5.41, 5.74) is 8.39. The van der Waals surface area contributed by atoms with Crippen LogP contribution in [0, 0.1) is 0 Å². The van der Waals surface area contributed by atoms with Crippen LogP contribution in [-0.4, -0.2) is 13.2 Å². The van der Waals surface area contributed by atoms with Crippen molar-refractivity contribution in [1.29, 1.82) is 0 Å². The monoisotopic (exact) mass is 365 g/mol. The van der Waals surface area contributed by atoms with E-state index in [1.165, 1.54) is 5.56 Å². The van der Waals surface area contributed by atoms with Crippen molar-refractivity contribution in [3.05, 3.63) is 63.1 Å². The number of benzene rings is 2. The first-order chi connectivity index (χ1) is 10.1. The molecule has 2 aromatic rings. The predicted octanol–water partition coefficient (Wildman–Crippen LogP) is 4.32. The van der Waals surface area contributed by atoms with Gasteiger partial charge in [0.25, 0.3) is 0 Å². The Bertz CT molecular complexity index is 661. The lowest BCUT2D eigenvalue weighted by Gasteiger charge is -2.38. The minimum absolute atomic E-state index is 0.105. The number of hydrogen-bond donors (Lipinski definition) is 1. The van der Waals surface area contributed by atoms with Crippen LogP contribution in [0.25, 0.3) is 0 Å². The third-order valence-corrected chi connectivity index (χ3v) is 5.08. The Morgan fingerprint density at radius 1 is 1.24 bits per heavy atom. The molecule has 0 radical (unpaired) electrons. The van der Waals surface area contributed by atoms with Crippen molar-refractivity contribution >= 4 is 27.5 Å². The number of rotatable bonds is 3. The van der Waals surface area contributed by atoms with Crippen LogP contribution in [0.3, 0.4) is 0 Å². The molecule has 1 aliphatic heterocycles. The summed E-state index contributed by atoms with van der Waals surface area (Å²) < 4.78 is 6.76. The minimum atomic E-state index is -0.105. The third-order valence-electron chi connectivity index (χ3n) is 4.23. The molecular weight excluding hydrogens is 350 g/mol. The van der Waals surface area contributed by atoms with Crippen molar-refractivity contribution in [2.24, 2.45) is 5.73 Å². The summed E-state index contributed by atoms with van der Waals surface area (Å²) in [4.78, 5) is 0. The minimum Gasteiger partial charge on any atom is -0.493 e. The van der Waals surface area contributed by atoms with Crippen molar-refractivity contribution in [2.75, 3.05) is 13.2 Å². The van der Waals surface area contributed by atoms with Gasteiger partial charge in [-0.2, -0.15) is 0 Å². The predicted molar refractivity (Wildman–Crippen MR) is 90.1 cm³/mol. The van der Waals surface area contributed by atoms with Crippen LogP contribution in [0.15, 0.2) is 46.9 Å². The lowest BCUT2D eigenvalue weighted by atomic mass is 9.72. The average Bonchev–Trinajstić information content (AvgIpc) is 2.50. The summed E-state index contributed by atoms with van der Waals surface area (Å²) in [6, 6.07) is 14.2. The molecule has 1 heterocycles. The van der Waals surface area contributed by atoms with Crippen LogP contribution in [-0.2, 0) is 11.8 Å². The van der Waals surface area contributed by atoms with E-state index in [9.17, 15) is 0 Å². The largest absolute Gasteiger partial charge is 0.493 e. The third kappa shape index (κ3) is 2.83. The van der Waals surface area contributed by atoms with E-state index in [1.807, 2.05) is 30.3 Å². The van der Waals surface area contributed by atoms with Gasteiger partial charge < -0.3 is 10.5 Å². The first-order valence-electron chi connectivity index (χ1n) is 7.01. The lowest BCUT2D eigenvalue weighted by molar-refractivity contribution is 0.215. The van der Waals surface area contributed by atoms with Crippen molar-refractivity contribution in [1.82, 2.24) is 0 Å². The fourth-order valence-electron chi connectivity index (χ4n) is 3.02. The summed E-state index contributed by atoms with van der Waals surface area (Å²) in [6.45, 7) is 1.28. The molecular formula is C17H17BrClNO. The highest BCUT2D eigenvalue weighted by atomic mass is 79.9. The van der Waals surface area contributed by atoms with Gasteiger partial charge in [0.15, 0.2) is 0 Å². The average molecular weight is 367 g/mol. The van der Waals surface area contributed by atoms with E-state index in [0.717, 1.165) is 33.6 Å². The molecule has 0 saturated carbocycles. The highest BCUT2D eigenvalue weighted by molar-refractivity contribution is 9.10. The Hall–Kier alpha value is -1.03. The Morgan fingerprint density at radius 2 is 2.05 bits per heavy atom. The number of para-hydroxylation sites is 1. The highest BCUT2D eigenvalue weighted by Crippen LogP contribution is 2.41. The Morgan fingerprint density at radius 3 is 2.81 bits per heavy atom. The molecule has 110 valence electrons. The number of fused-ring (bicyclic) bond motifs is 1. The molecule has 0 spiro atoms. The Kier molecular flexibility index (Phi) is 4.25. The topological polar surface area (TPSA) is 35.2 Å². The quantitative estimate of drug-likeness (QED) is 0.878. The van der Waals surface area contributed by atoms with E-state index in [2.05, 4.69) is 28.1 Å². The summed E-state index contributed by atoms with van der Waals surface area (Å²) >= 11 is 9.84. The normalized spacial score (nSPS) is 20.7. The molecule has 0 aliphatic carbocycles. The molecule has 1 atom stereocenters. The van der Waals surface area contributed by atoms with Gasteiger partial charge in [-0.15, -0.1) is 0 Å². The van der Waals surface area contributed by atoms with Gasteiger partial charge in [0.1, 0.15) is 5.75 Å². The summed E-state index contributed by atoms with van der Waals surface area (Å²) in [6.07, 6.45) is 1.74. The van der Waals surface area contributed by atoms with Crippen molar-refractivity contribution in [3.8, 4) is 5.75 Å². The molecule has 21 heavy (non-hydrogen) atoms. The molecule has 2 nitrogen and oxygen atoms in total. The summed E-state index contributed by atoms with van der Waals surface area (Å²) in [5.74, 6) is 0.947. The fraction of sp³-hybridized carbons (Fsp3) is 0.294. The Labute approximate surface area is 138 Å². The van der Waals surface area contributed by atoms with Gasteiger partial charge >= 0.3 is 0 Å². The molecule has 0 bridgehead atoms. The van der Waals surface area contributed by atoms with Gasteiger partial charge in [0.05, 0.1) is 6.61 Å². The maximum absolute atomic E-state index is 6.39. The molecule has 2 aromatic carbocycles. The van der Waals surface area contributed by atoms with Crippen LogP contribution in [0.5, 0.6) is 5.75 Å². The molecule has 3 rings (SSSR count).